The second kappa shape index (κ2) is 12.7. The third-order valence-electron chi connectivity index (χ3n) is 5.10. The molecule has 2 atom stereocenters. The predicted octanol–water partition coefficient (Wildman–Crippen LogP) is 3.94. The molecule has 0 bridgehead atoms. The Morgan fingerprint density at radius 2 is 1.35 bits per heavy atom. The molecule has 3 aromatic rings. The van der Waals surface area contributed by atoms with Crippen molar-refractivity contribution in [2.45, 2.75) is 31.5 Å². The number of carbonyl (C=O) groups excluding carboxylic acids is 2. The van der Waals surface area contributed by atoms with Gasteiger partial charge in [-0.3, -0.25) is 4.79 Å². The summed E-state index contributed by atoms with van der Waals surface area (Å²) in [5, 5.41) is 14.9. The Labute approximate surface area is 211 Å². The lowest BCUT2D eigenvalue weighted by Crippen LogP contribution is -2.53. The van der Waals surface area contributed by atoms with Crippen molar-refractivity contribution in [3.8, 4) is 0 Å². The number of carbonyl (C=O) groups is 3. The second-order valence-electron chi connectivity index (χ2n) is 7.64. The van der Waals surface area contributed by atoms with E-state index in [4.69, 9.17) is 4.74 Å². The normalized spacial score (nSPS) is 12.3. The van der Waals surface area contributed by atoms with Crippen molar-refractivity contribution in [1.29, 1.82) is 0 Å². The summed E-state index contributed by atoms with van der Waals surface area (Å²) in [4.78, 5) is 37.4. The number of hydrogen-bond donors (Lipinski definition) is 3. The Morgan fingerprint density at radius 3 is 1.97 bits per heavy atom. The standard InChI is InChI=1S/C26H25IN2O5/c27-21-14-8-7-13-20(21)16-23(25(31)32)28-24(30)22(15-18-9-3-1-4-10-18)29-26(33)34-17-19-11-5-2-6-12-19/h1-14,22-23H,15-17H2,(H,28,30)(H,29,33)(H,31,32)/t22-,23-/m0/s1. The lowest BCUT2D eigenvalue weighted by Gasteiger charge is -2.22. The molecule has 0 radical (unpaired) electrons. The molecule has 0 heterocycles. The highest BCUT2D eigenvalue weighted by Gasteiger charge is 2.28. The molecule has 3 rings (SSSR count). The van der Waals surface area contributed by atoms with Crippen molar-refractivity contribution in [3.05, 3.63) is 105 Å². The molecule has 3 N–H and O–H groups in total. The molecule has 0 fully saturated rings. The van der Waals surface area contributed by atoms with Crippen LogP contribution in [0.1, 0.15) is 16.7 Å². The van der Waals surface area contributed by atoms with Crippen molar-refractivity contribution in [3.63, 3.8) is 0 Å². The number of hydrogen-bond acceptors (Lipinski definition) is 4. The first-order valence-corrected chi connectivity index (χ1v) is 11.8. The fraction of sp³-hybridized carbons (Fsp3) is 0.192. The highest BCUT2D eigenvalue weighted by Crippen LogP contribution is 2.14. The van der Waals surface area contributed by atoms with Crippen LogP contribution in [0.25, 0.3) is 0 Å². The summed E-state index contributed by atoms with van der Waals surface area (Å²) in [6.45, 7) is 0.0521. The number of amides is 2. The number of carboxylic acid groups (broad SMARTS) is 1. The zero-order valence-corrected chi connectivity index (χ0v) is 20.5. The largest absolute Gasteiger partial charge is 0.480 e. The zero-order chi connectivity index (χ0) is 24.3. The number of ether oxygens (including phenoxy) is 1. The molecule has 0 aliphatic rings. The summed E-state index contributed by atoms with van der Waals surface area (Å²) in [7, 11) is 0. The number of halogens is 1. The number of nitrogens with one attached hydrogen (secondary N) is 2. The lowest BCUT2D eigenvalue weighted by molar-refractivity contribution is -0.142. The highest BCUT2D eigenvalue weighted by molar-refractivity contribution is 14.1. The maximum absolute atomic E-state index is 13.1. The minimum Gasteiger partial charge on any atom is -0.480 e. The van der Waals surface area contributed by atoms with E-state index in [0.717, 1.165) is 20.3 Å². The third kappa shape index (κ3) is 7.87. The monoisotopic (exact) mass is 572 g/mol. The van der Waals surface area contributed by atoms with Gasteiger partial charge in [-0.15, -0.1) is 0 Å². The van der Waals surface area contributed by atoms with Crippen molar-refractivity contribution < 1.29 is 24.2 Å². The minimum absolute atomic E-state index is 0.0521. The Balaban J connectivity index is 1.70. The van der Waals surface area contributed by atoms with Crippen LogP contribution in [0.5, 0.6) is 0 Å². The smallest absolute Gasteiger partial charge is 0.408 e. The van der Waals surface area contributed by atoms with E-state index in [9.17, 15) is 19.5 Å². The molecule has 8 heteroatoms. The summed E-state index contributed by atoms with van der Waals surface area (Å²) >= 11 is 2.13. The molecule has 176 valence electrons. The van der Waals surface area contributed by atoms with E-state index in [1.165, 1.54) is 0 Å². The van der Waals surface area contributed by atoms with Crippen LogP contribution in [0, 0.1) is 3.57 Å². The molecular weight excluding hydrogens is 547 g/mol. The fourth-order valence-electron chi connectivity index (χ4n) is 3.32. The van der Waals surface area contributed by atoms with Gasteiger partial charge in [-0.25, -0.2) is 9.59 Å². The van der Waals surface area contributed by atoms with Crippen LogP contribution >= 0.6 is 22.6 Å². The summed E-state index contributed by atoms with van der Waals surface area (Å²) in [6, 6.07) is 23.6. The fourth-order valence-corrected chi connectivity index (χ4v) is 3.93. The van der Waals surface area contributed by atoms with Gasteiger partial charge in [0, 0.05) is 16.4 Å². The van der Waals surface area contributed by atoms with Crippen LogP contribution in [0.3, 0.4) is 0 Å². The average molecular weight is 572 g/mol. The number of benzene rings is 3. The molecule has 0 aliphatic carbocycles. The molecule has 0 spiro atoms. The number of rotatable bonds is 10. The molecule has 0 aromatic heterocycles. The Morgan fingerprint density at radius 1 is 0.765 bits per heavy atom. The molecule has 34 heavy (non-hydrogen) atoms. The molecule has 3 aromatic carbocycles. The molecule has 0 aliphatic heterocycles. The predicted molar refractivity (Wildman–Crippen MR) is 136 cm³/mol. The summed E-state index contributed by atoms with van der Waals surface area (Å²) in [5.41, 5.74) is 2.44. The zero-order valence-electron chi connectivity index (χ0n) is 18.3. The van der Waals surface area contributed by atoms with E-state index >= 15 is 0 Å². The van der Waals surface area contributed by atoms with Gasteiger partial charge in [0.2, 0.25) is 5.91 Å². The van der Waals surface area contributed by atoms with E-state index in [1.54, 1.807) is 0 Å². The van der Waals surface area contributed by atoms with Gasteiger partial charge in [-0.1, -0.05) is 78.9 Å². The van der Waals surface area contributed by atoms with E-state index in [-0.39, 0.29) is 19.4 Å². The van der Waals surface area contributed by atoms with E-state index < -0.39 is 30.1 Å². The van der Waals surface area contributed by atoms with E-state index in [1.807, 2.05) is 84.9 Å². The Hall–Kier alpha value is -3.40. The lowest BCUT2D eigenvalue weighted by atomic mass is 10.0. The number of alkyl carbamates (subject to hydrolysis) is 1. The second-order valence-corrected chi connectivity index (χ2v) is 8.81. The molecule has 0 saturated carbocycles. The molecule has 7 nitrogen and oxygen atoms in total. The van der Waals surface area contributed by atoms with Crippen LogP contribution in [0.2, 0.25) is 0 Å². The van der Waals surface area contributed by atoms with Crippen LogP contribution in [-0.2, 0) is 33.8 Å². The van der Waals surface area contributed by atoms with Crippen LogP contribution in [-0.4, -0.2) is 35.2 Å². The van der Waals surface area contributed by atoms with Gasteiger partial charge in [0.05, 0.1) is 0 Å². The first-order valence-electron chi connectivity index (χ1n) is 10.7. The van der Waals surface area contributed by atoms with Crippen LogP contribution in [0.15, 0.2) is 84.9 Å². The van der Waals surface area contributed by atoms with Gasteiger partial charge >= 0.3 is 12.1 Å². The van der Waals surface area contributed by atoms with Gasteiger partial charge in [-0.2, -0.15) is 0 Å². The molecule has 0 saturated heterocycles. The molecular formula is C26H25IN2O5. The Bertz CT molecular complexity index is 1110. The third-order valence-corrected chi connectivity index (χ3v) is 6.15. The molecule has 0 unspecified atom stereocenters. The average Bonchev–Trinajstić information content (AvgIpc) is 2.84. The van der Waals surface area contributed by atoms with E-state index in [0.29, 0.717) is 0 Å². The summed E-state index contributed by atoms with van der Waals surface area (Å²) in [6.07, 6.45) is -0.455. The van der Waals surface area contributed by atoms with Crippen molar-refractivity contribution in [2.75, 3.05) is 0 Å². The van der Waals surface area contributed by atoms with Gasteiger partial charge < -0.3 is 20.5 Å². The first-order chi connectivity index (χ1) is 16.4. The quantitative estimate of drug-likeness (QED) is 0.320. The Kier molecular flexibility index (Phi) is 9.45. The van der Waals surface area contributed by atoms with Crippen molar-refractivity contribution in [2.24, 2.45) is 0 Å². The first kappa shape index (κ1) is 25.2. The van der Waals surface area contributed by atoms with Gasteiger partial charge in [0.15, 0.2) is 0 Å². The van der Waals surface area contributed by atoms with Gasteiger partial charge in [0.1, 0.15) is 18.7 Å². The highest BCUT2D eigenvalue weighted by atomic mass is 127. The van der Waals surface area contributed by atoms with E-state index in [2.05, 4.69) is 33.2 Å². The van der Waals surface area contributed by atoms with Crippen molar-refractivity contribution in [1.82, 2.24) is 10.6 Å². The maximum Gasteiger partial charge on any atom is 0.408 e. The molecule has 2 amide bonds. The summed E-state index contributed by atoms with van der Waals surface area (Å²) in [5.74, 6) is -1.75. The summed E-state index contributed by atoms with van der Waals surface area (Å²) < 4.78 is 6.17. The van der Waals surface area contributed by atoms with Crippen LogP contribution in [0.4, 0.5) is 4.79 Å². The van der Waals surface area contributed by atoms with Crippen molar-refractivity contribution >= 4 is 40.6 Å². The topological polar surface area (TPSA) is 105 Å². The maximum atomic E-state index is 13.1. The number of carboxylic acids is 1. The van der Waals surface area contributed by atoms with Gasteiger partial charge in [-0.05, 0) is 45.3 Å². The van der Waals surface area contributed by atoms with Crippen LogP contribution < -0.4 is 10.6 Å². The van der Waals surface area contributed by atoms with Gasteiger partial charge in [0.25, 0.3) is 0 Å². The minimum atomic E-state index is -1.15. The number of aliphatic carboxylic acids is 1. The SMILES string of the molecule is O=C(N[C@@H](Cc1ccccc1)C(=O)N[C@@H](Cc1ccccc1I)C(=O)O)OCc1ccccc1.